The Kier molecular flexibility index (Phi) is 4.88. The molecule has 0 aliphatic rings. The molecule has 7 heteroatoms. The number of methoxy groups -OCH3 is 2. The molecule has 0 aliphatic carbocycles. The molecule has 1 aromatic carbocycles. The van der Waals surface area contributed by atoms with Crippen LogP contribution in [0.5, 0.6) is 17.2 Å². The van der Waals surface area contributed by atoms with E-state index in [1.54, 1.807) is 20.4 Å². The van der Waals surface area contributed by atoms with Crippen LogP contribution in [0.4, 0.5) is 11.8 Å². The lowest BCUT2D eigenvalue weighted by Gasteiger charge is -2.15. The first-order valence-corrected chi connectivity index (χ1v) is 6.83. The van der Waals surface area contributed by atoms with Crippen molar-refractivity contribution < 1.29 is 14.2 Å². The Bertz CT molecular complexity index is 636. The zero-order valence-electron chi connectivity index (χ0n) is 12.9. The first-order chi connectivity index (χ1) is 10.6. The van der Waals surface area contributed by atoms with E-state index in [4.69, 9.17) is 25.7 Å². The normalized spacial score (nSPS) is 10.3. The van der Waals surface area contributed by atoms with Gasteiger partial charge in [0.1, 0.15) is 5.82 Å². The summed E-state index contributed by atoms with van der Waals surface area (Å²) < 4.78 is 16.3. The smallest absolute Gasteiger partial charge is 0.221 e. The number of nitrogens with zero attached hydrogens (tertiary/aromatic N) is 2. The van der Waals surface area contributed by atoms with Crippen molar-refractivity contribution in [2.75, 3.05) is 32.3 Å². The molecule has 2 aromatic rings. The highest BCUT2D eigenvalue weighted by molar-refractivity contribution is 5.55. The molecule has 0 radical (unpaired) electrons. The summed E-state index contributed by atoms with van der Waals surface area (Å²) in [7, 11) is 3.17. The quantitative estimate of drug-likeness (QED) is 0.835. The number of aromatic nitrogens is 2. The minimum atomic E-state index is 0.156. The maximum Gasteiger partial charge on any atom is 0.221 e. The van der Waals surface area contributed by atoms with Crippen molar-refractivity contribution in [1.82, 2.24) is 9.97 Å². The Balaban J connectivity index is 2.39. The average Bonchev–Trinajstić information content (AvgIpc) is 2.51. The van der Waals surface area contributed by atoms with Gasteiger partial charge in [0, 0.05) is 18.2 Å². The van der Waals surface area contributed by atoms with E-state index in [2.05, 4.69) is 9.97 Å². The highest BCUT2D eigenvalue weighted by atomic mass is 16.5. The summed E-state index contributed by atoms with van der Waals surface area (Å²) in [6.07, 6.45) is 2.15. The van der Waals surface area contributed by atoms with Crippen LogP contribution in [0, 0.1) is 0 Å². The second kappa shape index (κ2) is 6.84. The zero-order chi connectivity index (χ0) is 16.1. The molecule has 0 unspecified atom stereocenters. The molecule has 0 fully saturated rings. The zero-order valence-corrected chi connectivity index (χ0v) is 12.9. The summed E-state index contributed by atoms with van der Waals surface area (Å²) in [5.41, 5.74) is 13.1. The van der Waals surface area contributed by atoms with Crippen LogP contribution in [0.25, 0.3) is 0 Å². The Morgan fingerprint density at radius 3 is 2.23 bits per heavy atom. The van der Waals surface area contributed by atoms with Gasteiger partial charge in [0.05, 0.1) is 20.8 Å². The van der Waals surface area contributed by atoms with E-state index in [1.165, 1.54) is 0 Å². The van der Waals surface area contributed by atoms with E-state index in [9.17, 15) is 0 Å². The molecule has 22 heavy (non-hydrogen) atoms. The fourth-order valence-electron chi connectivity index (χ4n) is 2.11. The molecule has 0 amide bonds. The molecule has 0 atom stereocenters. The highest BCUT2D eigenvalue weighted by Crippen LogP contribution is 2.39. The van der Waals surface area contributed by atoms with E-state index in [-0.39, 0.29) is 5.95 Å². The SMILES string of the molecule is COc1cc(Cc2cnc(N)nc2N)cc(OC)c1OC[11CH3]. The Morgan fingerprint density at radius 2 is 1.73 bits per heavy atom. The standard InChI is InChI=1S/C15H20N4O3/c1-4-22-13-11(20-2)6-9(7-12(13)21-3)5-10-8-18-15(17)19-14(10)16/h6-8H,4-5H2,1-3H3,(H4,16,17,18,19)/i1-1. The van der Waals surface area contributed by atoms with E-state index >= 15 is 0 Å². The van der Waals surface area contributed by atoms with Gasteiger partial charge in [0.2, 0.25) is 11.7 Å². The monoisotopic (exact) mass is 303 g/mol. The van der Waals surface area contributed by atoms with Crippen molar-refractivity contribution in [2.45, 2.75) is 13.3 Å². The molecule has 1 heterocycles. The van der Waals surface area contributed by atoms with E-state index in [1.807, 2.05) is 19.1 Å². The lowest BCUT2D eigenvalue weighted by atomic mass is 10.1. The third-order valence-electron chi connectivity index (χ3n) is 3.12. The second-order valence-electron chi connectivity index (χ2n) is 4.58. The number of nitrogens with two attached hydrogens (primary N) is 2. The summed E-state index contributed by atoms with van der Waals surface area (Å²) in [5, 5.41) is 0. The van der Waals surface area contributed by atoms with Crippen LogP contribution in [-0.2, 0) is 6.42 Å². The van der Waals surface area contributed by atoms with Gasteiger partial charge in [-0.15, -0.1) is 0 Å². The van der Waals surface area contributed by atoms with Crippen LogP contribution in [0.3, 0.4) is 0 Å². The van der Waals surface area contributed by atoms with Gasteiger partial charge >= 0.3 is 0 Å². The maximum atomic E-state index is 5.87. The van der Waals surface area contributed by atoms with E-state index in [0.29, 0.717) is 36.1 Å². The van der Waals surface area contributed by atoms with Crippen LogP contribution in [0.15, 0.2) is 18.3 Å². The van der Waals surface area contributed by atoms with Gasteiger partial charge in [-0.25, -0.2) is 4.98 Å². The molecule has 0 spiro atoms. The van der Waals surface area contributed by atoms with Crippen molar-refractivity contribution >= 4 is 11.8 Å². The Morgan fingerprint density at radius 1 is 1.09 bits per heavy atom. The van der Waals surface area contributed by atoms with Crippen LogP contribution < -0.4 is 25.7 Å². The lowest BCUT2D eigenvalue weighted by molar-refractivity contribution is 0.288. The lowest BCUT2D eigenvalue weighted by Crippen LogP contribution is -2.05. The summed E-state index contributed by atoms with van der Waals surface area (Å²) >= 11 is 0. The molecule has 1 aromatic heterocycles. The van der Waals surface area contributed by atoms with Gasteiger partial charge in [0.25, 0.3) is 0 Å². The number of ether oxygens (including phenoxy) is 3. The molecular formula is C15H20N4O3. The minimum Gasteiger partial charge on any atom is -0.493 e. The number of benzene rings is 1. The number of hydrogen-bond donors (Lipinski definition) is 2. The Labute approximate surface area is 129 Å². The predicted molar refractivity (Wildman–Crippen MR) is 84.4 cm³/mol. The molecule has 118 valence electrons. The van der Waals surface area contributed by atoms with Crippen molar-refractivity contribution in [3.05, 3.63) is 29.5 Å². The first-order valence-electron chi connectivity index (χ1n) is 6.83. The van der Waals surface area contributed by atoms with Gasteiger partial charge in [-0.05, 0) is 24.6 Å². The number of rotatable bonds is 6. The van der Waals surface area contributed by atoms with Gasteiger partial charge < -0.3 is 25.7 Å². The van der Waals surface area contributed by atoms with Crippen LogP contribution in [0.1, 0.15) is 18.1 Å². The third-order valence-corrected chi connectivity index (χ3v) is 3.12. The molecule has 0 saturated heterocycles. The van der Waals surface area contributed by atoms with Gasteiger partial charge in [-0.1, -0.05) is 0 Å². The predicted octanol–water partition coefficient (Wildman–Crippen LogP) is 1.65. The van der Waals surface area contributed by atoms with Crippen molar-refractivity contribution in [3.63, 3.8) is 0 Å². The number of hydrogen-bond acceptors (Lipinski definition) is 7. The fourth-order valence-corrected chi connectivity index (χ4v) is 2.11. The molecule has 7 nitrogen and oxygen atoms in total. The summed E-state index contributed by atoms with van der Waals surface area (Å²) in [6.45, 7) is 2.42. The molecule has 0 aliphatic heterocycles. The number of anilines is 2. The average molecular weight is 303 g/mol. The van der Waals surface area contributed by atoms with Crippen molar-refractivity contribution in [1.29, 1.82) is 0 Å². The summed E-state index contributed by atoms with van der Waals surface area (Å²) in [6, 6.07) is 3.76. The summed E-state index contributed by atoms with van der Waals surface area (Å²) in [4.78, 5) is 7.93. The molecule has 0 bridgehead atoms. The molecule has 2 rings (SSSR count). The number of nitrogen functional groups attached to an aromatic ring is 2. The van der Waals surface area contributed by atoms with Crippen molar-refractivity contribution in [3.8, 4) is 17.2 Å². The van der Waals surface area contributed by atoms with E-state index in [0.717, 1.165) is 11.1 Å². The second-order valence-corrected chi connectivity index (χ2v) is 4.58. The topological polar surface area (TPSA) is 106 Å². The summed E-state index contributed by atoms with van der Waals surface area (Å²) in [5.74, 6) is 2.30. The first kappa shape index (κ1) is 15.7. The van der Waals surface area contributed by atoms with Gasteiger partial charge in [-0.2, -0.15) is 4.98 Å². The van der Waals surface area contributed by atoms with E-state index < -0.39 is 0 Å². The van der Waals surface area contributed by atoms with Crippen LogP contribution in [0.2, 0.25) is 0 Å². The van der Waals surface area contributed by atoms with Crippen LogP contribution in [-0.4, -0.2) is 30.8 Å². The van der Waals surface area contributed by atoms with Crippen molar-refractivity contribution in [2.24, 2.45) is 0 Å². The minimum absolute atomic E-state index is 0.156. The molecular weight excluding hydrogens is 283 g/mol. The molecule has 4 N–H and O–H groups in total. The third kappa shape index (κ3) is 3.30. The highest BCUT2D eigenvalue weighted by Gasteiger charge is 2.15. The largest absolute Gasteiger partial charge is 0.493 e. The van der Waals surface area contributed by atoms with Gasteiger partial charge in [0.15, 0.2) is 11.5 Å². The van der Waals surface area contributed by atoms with Crippen LogP contribution >= 0.6 is 0 Å². The maximum absolute atomic E-state index is 5.87. The fraction of sp³-hybridized carbons (Fsp3) is 0.333. The molecule has 0 saturated carbocycles. The van der Waals surface area contributed by atoms with Gasteiger partial charge in [-0.3, -0.25) is 0 Å². The Hall–Kier alpha value is -2.70.